The molecule has 0 saturated carbocycles. The van der Waals surface area contributed by atoms with E-state index in [4.69, 9.17) is 22.1 Å². The molecule has 2 aromatic rings. The first-order valence-electron chi connectivity index (χ1n) is 6.40. The van der Waals surface area contributed by atoms with Gasteiger partial charge in [0.25, 0.3) is 0 Å². The minimum atomic E-state index is -0.357. The molecule has 0 heterocycles. The van der Waals surface area contributed by atoms with Gasteiger partial charge < -0.3 is 10.5 Å². The molecule has 0 aliphatic heterocycles. The zero-order chi connectivity index (χ0) is 14.4. The Balaban J connectivity index is 1.96. The lowest BCUT2D eigenvalue weighted by Gasteiger charge is -2.07. The largest absolute Gasteiger partial charge is 0.457 e. The van der Waals surface area contributed by atoms with Crippen molar-refractivity contribution in [3.05, 3.63) is 70.2 Å². The van der Waals surface area contributed by atoms with Crippen molar-refractivity contribution in [3.63, 3.8) is 0 Å². The van der Waals surface area contributed by atoms with Crippen LogP contribution < -0.4 is 5.73 Å². The molecule has 2 N–H and O–H groups in total. The fraction of sp³-hybridized carbons (Fsp3) is 0.188. The minimum absolute atomic E-state index is 0.170. The van der Waals surface area contributed by atoms with Gasteiger partial charge in [-0.15, -0.1) is 0 Å². The molecule has 2 rings (SSSR count). The Hall–Kier alpha value is -1.84. The van der Waals surface area contributed by atoms with E-state index in [0.717, 1.165) is 17.5 Å². The molecule has 104 valence electrons. The van der Waals surface area contributed by atoms with Crippen LogP contribution in [-0.2, 0) is 17.8 Å². The first kappa shape index (κ1) is 14.6. The Morgan fingerprint density at radius 3 is 2.45 bits per heavy atom. The molecule has 0 radical (unpaired) electrons. The van der Waals surface area contributed by atoms with E-state index in [0.29, 0.717) is 17.1 Å². The highest BCUT2D eigenvalue weighted by molar-refractivity contribution is 6.31. The fourth-order valence-corrected chi connectivity index (χ4v) is 2.01. The second kappa shape index (κ2) is 7.08. The van der Waals surface area contributed by atoms with Crippen LogP contribution in [0.1, 0.15) is 21.5 Å². The normalized spacial score (nSPS) is 10.3. The zero-order valence-electron chi connectivity index (χ0n) is 11.0. The highest BCUT2D eigenvalue weighted by Crippen LogP contribution is 2.16. The van der Waals surface area contributed by atoms with E-state index in [2.05, 4.69) is 0 Å². The third kappa shape index (κ3) is 3.83. The van der Waals surface area contributed by atoms with Crippen molar-refractivity contribution in [1.82, 2.24) is 0 Å². The van der Waals surface area contributed by atoms with Gasteiger partial charge in [-0.25, -0.2) is 4.79 Å². The number of ether oxygens (including phenoxy) is 1. The Morgan fingerprint density at radius 2 is 1.80 bits per heavy atom. The van der Waals surface area contributed by atoms with Gasteiger partial charge in [-0.05, 0) is 36.7 Å². The summed E-state index contributed by atoms with van der Waals surface area (Å²) in [5.41, 5.74) is 7.91. The average Bonchev–Trinajstić information content (AvgIpc) is 2.47. The predicted octanol–water partition coefficient (Wildman–Crippen LogP) is 3.20. The van der Waals surface area contributed by atoms with Gasteiger partial charge in [-0.3, -0.25) is 0 Å². The second-order valence-electron chi connectivity index (χ2n) is 4.40. The molecule has 2 aromatic carbocycles. The zero-order valence-corrected chi connectivity index (χ0v) is 11.8. The van der Waals surface area contributed by atoms with Gasteiger partial charge >= 0.3 is 5.97 Å². The topological polar surface area (TPSA) is 52.3 Å². The van der Waals surface area contributed by atoms with E-state index >= 15 is 0 Å². The summed E-state index contributed by atoms with van der Waals surface area (Å²) in [6.45, 7) is 0.763. The third-order valence-electron chi connectivity index (χ3n) is 2.94. The van der Waals surface area contributed by atoms with Gasteiger partial charge in [0.2, 0.25) is 0 Å². The van der Waals surface area contributed by atoms with Gasteiger partial charge in [0.1, 0.15) is 6.61 Å². The number of esters is 1. The highest BCUT2D eigenvalue weighted by atomic mass is 35.5. The van der Waals surface area contributed by atoms with Crippen molar-refractivity contribution >= 4 is 17.6 Å². The quantitative estimate of drug-likeness (QED) is 0.860. The molecule has 0 saturated heterocycles. The summed E-state index contributed by atoms with van der Waals surface area (Å²) in [6.07, 6.45) is 0.801. The number of hydrogen-bond acceptors (Lipinski definition) is 3. The maximum atomic E-state index is 11.9. The maximum absolute atomic E-state index is 11.9. The van der Waals surface area contributed by atoms with Crippen LogP contribution in [0.25, 0.3) is 0 Å². The molecule has 0 unspecified atom stereocenters. The minimum Gasteiger partial charge on any atom is -0.457 e. The standard InChI is InChI=1S/C16H16ClNO2/c17-15-4-2-1-3-14(15)11-20-16(19)13-7-5-12(6-8-13)9-10-18/h1-8H,9-11,18H2. The van der Waals surface area contributed by atoms with Gasteiger partial charge in [0.15, 0.2) is 0 Å². The molecule has 0 fully saturated rings. The van der Waals surface area contributed by atoms with Crippen LogP contribution >= 0.6 is 11.6 Å². The smallest absolute Gasteiger partial charge is 0.338 e. The lowest BCUT2D eigenvalue weighted by atomic mass is 10.1. The van der Waals surface area contributed by atoms with Crippen molar-refractivity contribution < 1.29 is 9.53 Å². The molecule has 0 aliphatic rings. The first-order valence-corrected chi connectivity index (χ1v) is 6.78. The molecule has 0 bridgehead atoms. The van der Waals surface area contributed by atoms with Crippen molar-refractivity contribution in [1.29, 1.82) is 0 Å². The van der Waals surface area contributed by atoms with E-state index in [1.165, 1.54) is 0 Å². The van der Waals surface area contributed by atoms with Gasteiger partial charge in [-0.2, -0.15) is 0 Å². The molecular formula is C16H16ClNO2. The maximum Gasteiger partial charge on any atom is 0.338 e. The van der Waals surface area contributed by atoms with Crippen LogP contribution in [0.5, 0.6) is 0 Å². The molecule has 0 aliphatic carbocycles. The number of halogens is 1. The molecule has 0 spiro atoms. The number of nitrogens with two attached hydrogens (primary N) is 1. The monoisotopic (exact) mass is 289 g/mol. The molecule has 20 heavy (non-hydrogen) atoms. The van der Waals surface area contributed by atoms with Crippen LogP contribution in [0.3, 0.4) is 0 Å². The molecular weight excluding hydrogens is 274 g/mol. The van der Waals surface area contributed by atoms with E-state index in [-0.39, 0.29) is 12.6 Å². The molecule has 0 atom stereocenters. The SMILES string of the molecule is NCCc1ccc(C(=O)OCc2ccccc2Cl)cc1. The molecule has 0 aromatic heterocycles. The van der Waals surface area contributed by atoms with Crippen LogP contribution in [0.2, 0.25) is 5.02 Å². The summed E-state index contributed by atoms with van der Waals surface area (Å²) in [4.78, 5) is 11.9. The average molecular weight is 290 g/mol. The van der Waals surface area contributed by atoms with E-state index in [9.17, 15) is 4.79 Å². The third-order valence-corrected chi connectivity index (χ3v) is 3.31. The van der Waals surface area contributed by atoms with Crippen molar-refractivity contribution in [2.24, 2.45) is 5.73 Å². The number of hydrogen-bond donors (Lipinski definition) is 1. The first-order chi connectivity index (χ1) is 9.70. The fourth-order valence-electron chi connectivity index (χ4n) is 1.82. The highest BCUT2D eigenvalue weighted by Gasteiger charge is 2.08. The number of rotatable bonds is 5. The van der Waals surface area contributed by atoms with E-state index in [1.807, 2.05) is 30.3 Å². The van der Waals surface area contributed by atoms with Gasteiger partial charge in [-0.1, -0.05) is 41.9 Å². The summed E-state index contributed by atoms with van der Waals surface area (Å²) in [5, 5.41) is 0.596. The van der Waals surface area contributed by atoms with Crippen LogP contribution in [-0.4, -0.2) is 12.5 Å². The van der Waals surface area contributed by atoms with Gasteiger partial charge in [0.05, 0.1) is 5.56 Å². The Labute approximate surface area is 123 Å². The van der Waals surface area contributed by atoms with Crippen LogP contribution in [0.15, 0.2) is 48.5 Å². The lowest BCUT2D eigenvalue weighted by molar-refractivity contribution is 0.0473. The number of carbonyl (C=O) groups is 1. The second-order valence-corrected chi connectivity index (χ2v) is 4.81. The number of carbonyl (C=O) groups excluding carboxylic acids is 1. The molecule has 0 amide bonds. The summed E-state index contributed by atoms with van der Waals surface area (Å²) >= 11 is 6.01. The van der Waals surface area contributed by atoms with Gasteiger partial charge in [0, 0.05) is 10.6 Å². The number of benzene rings is 2. The Kier molecular flexibility index (Phi) is 5.16. The van der Waals surface area contributed by atoms with Crippen LogP contribution in [0.4, 0.5) is 0 Å². The predicted molar refractivity (Wildman–Crippen MR) is 79.8 cm³/mol. The van der Waals surface area contributed by atoms with Crippen molar-refractivity contribution in [3.8, 4) is 0 Å². The van der Waals surface area contributed by atoms with E-state index < -0.39 is 0 Å². The summed E-state index contributed by atoms with van der Waals surface area (Å²) < 4.78 is 5.25. The Morgan fingerprint density at radius 1 is 1.10 bits per heavy atom. The van der Waals surface area contributed by atoms with Crippen molar-refractivity contribution in [2.45, 2.75) is 13.0 Å². The molecule has 4 heteroatoms. The summed E-state index contributed by atoms with van der Waals surface area (Å²) in [7, 11) is 0. The van der Waals surface area contributed by atoms with Crippen LogP contribution in [0, 0.1) is 0 Å². The van der Waals surface area contributed by atoms with E-state index in [1.54, 1.807) is 18.2 Å². The van der Waals surface area contributed by atoms with Crippen molar-refractivity contribution in [2.75, 3.05) is 6.54 Å². The molecule has 3 nitrogen and oxygen atoms in total. The summed E-state index contributed by atoms with van der Waals surface area (Å²) in [6, 6.07) is 14.6. The lowest BCUT2D eigenvalue weighted by Crippen LogP contribution is -2.06. The summed E-state index contributed by atoms with van der Waals surface area (Å²) in [5.74, 6) is -0.357. The Bertz CT molecular complexity index is 581.